The van der Waals surface area contributed by atoms with Gasteiger partial charge in [0, 0.05) is 12.1 Å². The van der Waals surface area contributed by atoms with Gasteiger partial charge >= 0.3 is 0 Å². The Morgan fingerprint density at radius 3 is 2.34 bits per heavy atom. The number of hydrogen-bond donors (Lipinski definition) is 1. The van der Waals surface area contributed by atoms with Crippen molar-refractivity contribution in [2.45, 2.75) is 46.8 Å². The molecule has 0 spiro atoms. The fourth-order valence-electron chi connectivity index (χ4n) is 3.52. The number of ether oxygens (including phenoxy) is 2. The van der Waals surface area contributed by atoms with Gasteiger partial charge in [0.1, 0.15) is 29.1 Å². The van der Waals surface area contributed by atoms with E-state index >= 15 is 0 Å². The lowest BCUT2D eigenvalue weighted by Crippen LogP contribution is -2.33. The first-order chi connectivity index (χ1) is 15.2. The second kappa shape index (κ2) is 10.0. The summed E-state index contributed by atoms with van der Waals surface area (Å²) in [6.45, 7) is 10.7. The van der Waals surface area contributed by atoms with E-state index in [4.69, 9.17) is 13.9 Å². The summed E-state index contributed by atoms with van der Waals surface area (Å²) in [5.41, 5.74) is 0.427. The Kier molecular flexibility index (Phi) is 7.40. The van der Waals surface area contributed by atoms with Crippen molar-refractivity contribution in [3.8, 4) is 5.75 Å². The lowest BCUT2D eigenvalue weighted by atomic mass is 9.99. The summed E-state index contributed by atoms with van der Waals surface area (Å²) in [7, 11) is 0. The van der Waals surface area contributed by atoms with Crippen LogP contribution in [0.25, 0.3) is 5.76 Å². The molecule has 0 saturated carbocycles. The van der Waals surface area contributed by atoms with Crippen LogP contribution in [0.1, 0.15) is 50.8 Å². The number of carbonyl (C=O) groups excluding carboxylic acids is 2. The van der Waals surface area contributed by atoms with Crippen molar-refractivity contribution in [2.24, 2.45) is 5.92 Å². The monoisotopic (exact) mass is 441 g/mol. The molecule has 1 aliphatic heterocycles. The van der Waals surface area contributed by atoms with Gasteiger partial charge in [0.05, 0.1) is 24.9 Å². The molecule has 1 aromatic heterocycles. The lowest BCUT2D eigenvalue weighted by Gasteiger charge is -2.23. The van der Waals surface area contributed by atoms with E-state index in [2.05, 4.69) is 13.8 Å². The van der Waals surface area contributed by atoms with Crippen LogP contribution in [0, 0.1) is 12.8 Å². The summed E-state index contributed by atoms with van der Waals surface area (Å²) in [5, 5.41) is 11.1. The van der Waals surface area contributed by atoms with Gasteiger partial charge in [0.25, 0.3) is 11.7 Å². The van der Waals surface area contributed by atoms with E-state index < -0.39 is 17.7 Å². The Morgan fingerprint density at radius 2 is 1.78 bits per heavy atom. The summed E-state index contributed by atoms with van der Waals surface area (Å²) >= 11 is 0. The Hall–Kier alpha value is -3.06. The van der Waals surface area contributed by atoms with Crippen molar-refractivity contribution in [3.05, 3.63) is 59.1 Å². The lowest BCUT2D eigenvalue weighted by molar-refractivity contribution is -0.140. The highest BCUT2D eigenvalue weighted by molar-refractivity contribution is 6.46. The molecular formula is C25H31NO6. The smallest absolute Gasteiger partial charge is 0.295 e. The van der Waals surface area contributed by atoms with E-state index in [0.29, 0.717) is 35.4 Å². The first-order valence-corrected chi connectivity index (χ1v) is 10.9. The summed E-state index contributed by atoms with van der Waals surface area (Å²) in [4.78, 5) is 27.2. The summed E-state index contributed by atoms with van der Waals surface area (Å²) in [6, 6.07) is 9.47. The molecule has 2 aromatic rings. The third kappa shape index (κ3) is 5.22. The minimum Gasteiger partial charge on any atom is -0.507 e. The van der Waals surface area contributed by atoms with Crippen LogP contribution in [-0.2, 0) is 14.3 Å². The highest BCUT2D eigenvalue weighted by atomic mass is 16.5. The van der Waals surface area contributed by atoms with E-state index in [1.807, 2.05) is 13.8 Å². The largest absolute Gasteiger partial charge is 0.507 e. The molecule has 2 heterocycles. The minimum absolute atomic E-state index is 0.00439. The second-order valence-electron chi connectivity index (χ2n) is 8.59. The van der Waals surface area contributed by atoms with Gasteiger partial charge in [-0.1, -0.05) is 13.8 Å². The molecule has 1 atom stereocenters. The summed E-state index contributed by atoms with van der Waals surface area (Å²) in [5.74, 6) is 0.446. The van der Waals surface area contributed by atoms with Crippen LogP contribution in [-0.4, -0.2) is 47.6 Å². The number of rotatable bonds is 9. The predicted molar refractivity (Wildman–Crippen MR) is 120 cm³/mol. The molecule has 32 heavy (non-hydrogen) atoms. The van der Waals surface area contributed by atoms with E-state index in [1.54, 1.807) is 43.3 Å². The van der Waals surface area contributed by atoms with E-state index in [9.17, 15) is 14.7 Å². The quantitative estimate of drug-likeness (QED) is 0.351. The molecule has 172 valence electrons. The Morgan fingerprint density at radius 1 is 1.09 bits per heavy atom. The molecular weight excluding hydrogens is 410 g/mol. The molecule has 1 aromatic carbocycles. The molecule has 1 unspecified atom stereocenters. The molecule has 3 rings (SSSR count). The number of aliphatic hydroxyl groups excluding tert-OH is 1. The number of ketones is 1. The molecule has 1 fully saturated rings. The molecule has 0 bridgehead atoms. The number of benzene rings is 1. The van der Waals surface area contributed by atoms with Crippen molar-refractivity contribution in [1.29, 1.82) is 0 Å². The van der Waals surface area contributed by atoms with Gasteiger partial charge in [0.15, 0.2) is 0 Å². The Labute approximate surface area is 188 Å². The molecule has 1 amide bonds. The van der Waals surface area contributed by atoms with Gasteiger partial charge in [-0.05, 0) is 63.1 Å². The molecule has 1 N–H and O–H groups in total. The zero-order valence-corrected chi connectivity index (χ0v) is 19.3. The third-order valence-electron chi connectivity index (χ3n) is 5.07. The fourth-order valence-corrected chi connectivity index (χ4v) is 3.52. The molecule has 7 heteroatoms. The number of hydrogen-bond acceptors (Lipinski definition) is 6. The molecule has 0 aliphatic carbocycles. The normalized spacial score (nSPS) is 18.2. The van der Waals surface area contributed by atoms with Crippen LogP contribution in [0.5, 0.6) is 5.75 Å². The maximum Gasteiger partial charge on any atom is 0.295 e. The van der Waals surface area contributed by atoms with Crippen molar-refractivity contribution in [2.75, 3.05) is 19.8 Å². The maximum atomic E-state index is 12.9. The van der Waals surface area contributed by atoms with Gasteiger partial charge in [-0.25, -0.2) is 0 Å². The topological polar surface area (TPSA) is 89.2 Å². The number of aryl methyl sites for hydroxylation is 1. The molecule has 1 aliphatic rings. The summed E-state index contributed by atoms with van der Waals surface area (Å²) in [6.07, 6.45) is -0.00689. The number of nitrogens with zero attached hydrogens (tertiary/aromatic N) is 1. The van der Waals surface area contributed by atoms with Crippen molar-refractivity contribution < 1.29 is 28.6 Å². The van der Waals surface area contributed by atoms with Crippen LogP contribution in [0.4, 0.5) is 0 Å². The highest BCUT2D eigenvalue weighted by Gasteiger charge is 2.47. The fraction of sp³-hybridized carbons (Fsp3) is 0.440. The average Bonchev–Trinajstić information content (AvgIpc) is 3.28. The van der Waals surface area contributed by atoms with E-state index in [1.165, 1.54) is 4.90 Å². The van der Waals surface area contributed by atoms with Gasteiger partial charge < -0.3 is 23.9 Å². The molecule has 7 nitrogen and oxygen atoms in total. The van der Waals surface area contributed by atoms with E-state index in [0.717, 1.165) is 0 Å². The van der Waals surface area contributed by atoms with Gasteiger partial charge in [-0.15, -0.1) is 0 Å². The van der Waals surface area contributed by atoms with Gasteiger partial charge in [0.2, 0.25) is 0 Å². The molecule has 0 radical (unpaired) electrons. The second-order valence-corrected chi connectivity index (χ2v) is 8.59. The zero-order chi connectivity index (χ0) is 23.4. The number of aliphatic hydroxyl groups is 1. The highest BCUT2D eigenvalue weighted by Crippen LogP contribution is 2.40. The predicted octanol–water partition coefficient (Wildman–Crippen LogP) is 4.47. The number of Topliss-reactive ketones (excluding diaryl/α,β-unsaturated/α-hetero) is 1. The first kappa shape index (κ1) is 23.6. The average molecular weight is 442 g/mol. The third-order valence-corrected chi connectivity index (χ3v) is 5.07. The Bertz CT molecular complexity index is 986. The minimum atomic E-state index is -0.823. The molecule has 1 saturated heterocycles. The van der Waals surface area contributed by atoms with Crippen molar-refractivity contribution in [1.82, 2.24) is 4.90 Å². The standard InChI is InChI=1S/C25H31NO6/c1-15(2)14-31-19-9-7-18(8-10-19)23(27)21-22(20-11-6-17(5)32-20)26(25(29)24(21)28)12-13-30-16(3)4/h6-11,15-16,22,27H,12-14H2,1-5H3/b23-21-. The van der Waals surface area contributed by atoms with Crippen molar-refractivity contribution >= 4 is 17.4 Å². The van der Waals surface area contributed by atoms with E-state index in [-0.39, 0.29) is 30.6 Å². The number of carbonyl (C=O) groups is 2. The van der Waals surface area contributed by atoms with Crippen LogP contribution >= 0.6 is 0 Å². The van der Waals surface area contributed by atoms with Gasteiger partial charge in [-0.3, -0.25) is 9.59 Å². The van der Waals surface area contributed by atoms with Crippen LogP contribution in [0.2, 0.25) is 0 Å². The number of amides is 1. The van der Waals surface area contributed by atoms with Crippen molar-refractivity contribution in [3.63, 3.8) is 0 Å². The van der Waals surface area contributed by atoms with Crippen LogP contribution in [0.3, 0.4) is 0 Å². The number of likely N-dealkylation sites (tertiary alicyclic amines) is 1. The number of furan rings is 1. The van der Waals surface area contributed by atoms with Crippen LogP contribution < -0.4 is 4.74 Å². The SMILES string of the molecule is Cc1ccc(C2/C(=C(/O)c3ccc(OCC(C)C)cc3)C(=O)C(=O)N2CCOC(C)C)o1. The van der Waals surface area contributed by atoms with Gasteiger partial charge in [-0.2, -0.15) is 0 Å². The first-order valence-electron chi connectivity index (χ1n) is 10.9. The zero-order valence-electron chi connectivity index (χ0n) is 19.3. The maximum absolute atomic E-state index is 12.9. The summed E-state index contributed by atoms with van der Waals surface area (Å²) < 4.78 is 17.0. The van der Waals surface area contributed by atoms with Crippen LogP contribution in [0.15, 0.2) is 46.4 Å². The Balaban J connectivity index is 1.96.